The van der Waals surface area contributed by atoms with E-state index in [1.165, 1.54) is 0 Å². The van der Waals surface area contributed by atoms with Crippen LogP contribution in [0.5, 0.6) is 0 Å². The molecule has 1 aliphatic heterocycles. The Morgan fingerprint density at radius 2 is 2.11 bits per heavy atom. The van der Waals surface area contributed by atoms with E-state index in [0.717, 1.165) is 31.5 Å². The van der Waals surface area contributed by atoms with E-state index in [1.54, 1.807) is 29.1 Å². The molecular formula is C18H23ClN6O2. The molecule has 0 radical (unpaired) electrons. The molecule has 1 aromatic carbocycles. The molecule has 2 amide bonds. The maximum absolute atomic E-state index is 12.2. The Balaban J connectivity index is 1.46. The number of aromatic nitrogens is 3. The first kappa shape index (κ1) is 19.3. The first-order valence-corrected chi connectivity index (χ1v) is 9.38. The van der Waals surface area contributed by atoms with Crippen molar-refractivity contribution in [1.29, 1.82) is 0 Å². The minimum absolute atomic E-state index is 0.153. The van der Waals surface area contributed by atoms with E-state index in [0.29, 0.717) is 10.7 Å². The van der Waals surface area contributed by atoms with E-state index >= 15 is 0 Å². The highest BCUT2D eigenvalue weighted by Gasteiger charge is 2.18. The predicted octanol–water partition coefficient (Wildman–Crippen LogP) is 1.92. The van der Waals surface area contributed by atoms with Gasteiger partial charge in [-0.1, -0.05) is 22.9 Å². The first-order chi connectivity index (χ1) is 13.0. The van der Waals surface area contributed by atoms with E-state index in [9.17, 15) is 9.59 Å². The number of nitrogens with one attached hydrogen (secondary N) is 3. The van der Waals surface area contributed by atoms with Crippen molar-refractivity contribution >= 4 is 29.1 Å². The van der Waals surface area contributed by atoms with Gasteiger partial charge in [0.1, 0.15) is 0 Å². The molecule has 1 saturated heterocycles. The minimum Gasteiger partial charge on any atom is -0.350 e. The van der Waals surface area contributed by atoms with E-state index in [-0.39, 0.29) is 36.5 Å². The molecule has 9 heteroatoms. The summed E-state index contributed by atoms with van der Waals surface area (Å²) in [7, 11) is 0. The van der Waals surface area contributed by atoms with Crippen LogP contribution < -0.4 is 16.0 Å². The van der Waals surface area contributed by atoms with Crippen LogP contribution >= 0.6 is 11.6 Å². The highest BCUT2D eigenvalue weighted by atomic mass is 35.5. The summed E-state index contributed by atoms with van der Waals surface area (Å²) in [5.41, 5.74) is 1.74. The van der Waals surface area contributed by atoms with E-state index < -0.39 is 0 Å². The molecular weight excluding hydrogens is 368 g/mol. The van der Waals surface area contributed by atoms with Crippen molar-refractivity contribution in [3.05, 3.63) is 40.7 Å². The van der Waals surface area contributed by atoms with Gasteiger partial charge < -0.3 is 16.0 Å². The van der Waals surface area contributed by atoms with Crippen molar-refractivity contribution < 1.29 is 9.59 Å². The topological polar surface area (TPSA) is 101 Å². The largest absolute Gasteiger partial charge is 0.350 e. The fraction of sp³-hybridized carbons (Fsp3) is 0.444. The maximum atomic E-state index is 12.2. The molecule has 2 heterocycles. The lowest BCUT2D eigenvalue weighted by Crippen LogP contribution is -2.29. The van der Waals surface area contributed by atoms with Crippen molar-refractivity contribution in [3.63, 3.8) is 0 Å². The Hall–Kier alpha value is -2.45. The van der Waals surface area contributed by atoms with Gasteiger partial charge in [-0.2, -0.15) is 0 Å². The third-order valence-corrected chi connectivity index (χ3v) is 5.01. The lowest BCUT2D eigenvalue weighted by Gasteiger charge is -2.22. The number of carbonyl (C=O) groups is 2. The number of anilines is 1. The Bertz CT molecular complexity index is 816. The number of hydrogen-bond donors (Lipinski definition) is 3. The Kier molecular flexibility index (Phi) is 6.41. The van der Waals surface area contributed by atoms with Crippen LogP contribution in [0.25, 0.3) is 0 Å². The molecule has 0 aliphatic carbocycles. The monoisotopic (exact) mass is 390 g/mol. The number of rotatable bonds is 6. The molecule has 0 spiro atoms. The van der Waals surface area contributed by atoms with E-state index in [4.69, 9.17) is 11.6 Å². The predicted molar refractivity (Wildman–Crippen MR) is 103 cm³/mol. The summed E-state index contributed by atoms with van der Waals surface area (Å²) in [6.45, 7) is 3.93. The highest BCUT2D eigenvalue weighted by molar-refractivity contribution is 6.31. The zero-order valence-corrected chi connectivity index (χ0v) is 15.9. The smallest absolute Gasteiger partial charge is 0.273 e. The summed E-state index contributed by atoms with van der Waals surface area (Å²) in [6, 6.07) is 5.60. The summed E-state index contributed by atoms with van der Waals surface area (Å²) in [5, 5.41) is 17.4. The van der Waals surface area contributed by atoms with Crippen LogP contribution in [0.3, 0.4) is 0 Å². The summed E-state index contributed by atoms with van der Waals surface area (Å²) >= 11 is 6.04. The van der Waals surface area contributed by atoms with Gasteiger partial charge in [0.2, 0.25) is 5.91 Å². The molecule has 8 nitrogen and oxygen atoms in total. The molecule has 0 atom stereocenters. The molecule has 3 rings (SSSR count). The summed E-state index contributed by atoms with van der Waals surface area (Å²) in [6.07, 6.45) is 3.75. The number of hydrogen-bond acceptors (Lipinski definition) is 5. The zero-order valence-electron chi connectivity index (χ0n) is 15.2. The first-order valence-electron chi connectivity index (χ1n) is 9.00. The Morgan fingerprint density at radius 1 is 1.33 bits per heavy atom. The maximum Gasteiger partial charge on any atom is 0.273 e. The molecule has 1 aliphatic rings. The van der Waals surface area contributed by atoms with Gasteiger partial charge in [0.25, 0.3) is 5.91 Å². The second-order valence-electron chi connectivity index (χ2n) is 6.53. The van der Waals surface area contributed by atoms with Crippen molar-refractivity contribution in [3.8, 4) is 0 Å². The summed E-state index contributed by atoms with van der Waals surface area (Å²) < 4.78 is 1.75. The minimum atomic E-state index is -0.332. The number of piperidine rings is 1. The Labute approximate surface area is 162 Å². The lowest BCUT2D eigenvalue weighted by molar-refractivity contribution is -0.116. The second kappa shape index (κ2) is 8.96. The third-order valence-electron chi connectivity index (χ3n) is 4.61. The van der Waals surface area contributed by atoms with Crippen LogP contribution in [0.15, 0.2) is 24.4 Å². The van der Waals surface area contributed by atoms with Gasteiger partial charge in [0.05, 0.1) is 12.2 Å². The highest BCUT2D eigenvalue weighted by Crippen LogP contribution is 2.23. The number of amides is 2. The average Bonchev–Trinajstić information content (AvgIpc) is 3.16. The van der Waals surface area contributed by atoms with Gasteiger partial charge in [0.15, 0.2) is 5.69 Å². The zero-order chi connectivity index (χ0) is 19.2. The van der Waals surface area contributed by atoms with Gasteiger partial charge in [-0.3, -0.25) is 9.59 Å². The molecule has 27 heavy (non-hydrogen) atoms. The van der Waals surface area contributed by atoms with E-state index in [1.807, 2.05) is 6.92 Å². The standard InChI is InChI=1S/C18H23ClN6O2/c1-12-14(19)3-2-4-15(12)22-17(26)7-10-21-18(27)16-11-25(24-23-16)13-5-8-20-9-6-13/h2-4,11,13,20H,5-10H2,1H3,(H,21,27)(H,22,26). The van der Waals surface area contributed by atoms with Gasteiger partial charge in [0, 0.05) is 23.7 Å². The van der Waals surface area contributed by atoms with Crippen molar-refractivity contribution in [2.24, 2.45) is 0 Å². The number of carbonyl (C=O) groups excluding carboxylic acids is 2. The van der Waals surface area contributed by atoms with Gasteiger partial charge >= 0.3 is 0 Å². The third kappa shape index (κ3) is 5.05. The molecule has 0 bridgehead atoms. The quantitative estimate of drug-likeness (QED) is 0.699. The van der Waals surface area contributed by atoms with Crippen LogP contribution in [-0.4, -0.2) is 46.4 Å². The average molecular weight is 391 g/mol. The van der Waals surface area contributed by atoms with Crippen LogP contribution in [-0.2, 0) is 4.79 Å². The number of nitrogens with zero attached hydrogens (tertiary/aromatic N) is 3. The Morgan fingerprint density at radius 3 is 2.89 bits per heavy atom. The normalized spacial score (nSPS) is 14.7. The number of benzene rings is 1. The molecule has 2 aromatic rings. The molecule has 3 N–H and O–H groups in total. The van der Waals surface area contributed by atoms with Crippen molar-refractivity contribution in [1.82, 2.24) is 25.6 Å². The van der Waals surface area contributed by atoms with Crippen LogP contribution in [0.4, 0.5) is 5.69 Å². The van der Waals surface area contributed by atoms with Gasteiger partial charge in [-0.05, 0) is 50.6 Å². The van der Waals surface area contributed by atoms with Crippen molar-refractivity contribution in [2.75, 3.05) is 25.0 Å². The SMILES string of the molecule is Cc1c(Cl)cccc1NC(=O)CCNC(=O)c1cn(C2CCNCC2)nn1. The molecule has 1 fully saturated rings. The molecule has 0 saturated carbocycles. The van der Waals surface area contributed by atoms with Crippen molar-refractivity contribution in [2.45, 2.75) is 32.2 Å². The van der Waals surface area contributed by atoms with Gasteiger partial charge in [-0.25, -0.2) is 4.68 Å². The number of halogens is 1. The second-order valence-corrected chi connectivity index (χ2v) is 6.94. The molecule has 144 valence electrons. The lowest BCUT2D eigenvalue weighted by atomic mass is 10.1. The molecule has 1 aromatic heterocycles. The van der Waals surface area contributed by atoms with E-state index in [2.05, 4.69) is 26.3 Å². The summed E-state index contributed by atoms with van der Waals surface area (Å²) in [4.78, 5) is 24.3. The fourth-order valence-electron chi connectivity index (χ4n) is 2.97. The van der Waals surface area contributed by atoms with Crippen LogP contribution in [0.1, 0.15) is 41.4 Å². The van der Waals surface area contributed by atoms with Crippen LogP contribution in [0.2, 0.25) is 5.02 Å². The fourth-order valence-corrected chi connectivity index (χ4v) is 3.14. The van der Waals surface area contributed by atoms with Crippen LogP contribution in [0, 0.1) is 6.92 Å². The van der Waals surface area contributed by atoms with Gasteiger partial charge in [-0.15, -0.1) is 5.10 Å². The molecule has 0 unspecified atom stereocenters. The summed E-state index contributed by atoms with van der Waals surface area (Å²) in [5.74, 6) is -0.527.